The largest absolute Gasteiger partial charge is 0.497 e. The number of aromatic nitrogens is 5. The molecule has 5 rings (SSSR count). The average molecular weight is 511 g/mol. The quantitative estimate of drug-likeness (QED) is 0.302. The Balaban J connectivity index is 1.42. The lowest BCUT2D eigenvalue weighted by atomic mass is 10.1. The number of tetrazole rings is 1. The fraction of sp³-hybridized carbons (Fsp3) is 0.241. The molecule has 0 saturated carbocycles. The Labute approximate surface area is 220 Å². The van der Waals surface area contributed by atoms with Crippen molar-refractivity contribution in [1.82, 2.24) is 30.1 Å². The lowest BCUT2D eigenvalue weighted by Gasteiger charge is -2.22. The van der Waals surface area contributed by atoms with Gasteiger partial charge in [-0.1, -0.05) is 42.0 Å². The summed E-state index contributed by atoms with van der Waals surface area (Å²) in [4.78, 5) is 18.2. The van der Waals surface area contributed by atoms with Gasteiger partial charge in [0.05, 0.1) is 32.8 Å². The predicted octanol–water partition coefficient (Wildman–Crippen LogP) is 4.09. The summed E-state index contributed by atoms with van der Waals surface area (Å²) < 4.78 is 12.4. The maximum absolute atomic E-state index is 13.0. The van der Waals surface area contributed by atoms with Crippen molar-refractivity contribution >= 4 is 10.9 Å². The minimum absolute atomic E-state index is 0.127. The summed E-state index contributed by atoms with van der Waals surface area (Å²) in [6.45, 7) is 4.13. The number of H-pyrrole nitrogens is 1. The van der Waals surface area contributed by atoms with Crippen LogP contribution in [0.3, 0.4) is 0 Å². The molecule has 0 fully saturated rings. The Morgan fingerprint density at radius 2 is 1.55 bits per heavy atom. The topological polar surface area (TPSA) is 98.2 Å². The van der Waals surface area contributed by atoms with Gasteiger partial charge in [-0.3, -0.25) is 9.69 Å². The Hall–Kier alpha value is -4.50. The number of nitrogens with one attached hydrogen (secondary N) is 1. The van der Waals surface area contributed by atoms with Gasteiger partial charge in [0.25, 0.3) is 5.56 Å². The highest BCUT2D eigenvalue weighted by Gasteiger charge is 2.16. The SMILES string of the molecule is COc1ccc(Cn2nnnc2CN(Cc2ccc(C)cc2)Cc2cc3ccc(OC)cc3[nH]c2=O)cc1. The number of aryl methyl sites for hydroxylation is 1. The van der Waals surface area contributed by atoms with Gasteiger partial charge in [-0.25, -0.2) is 4.68 Å². The number of hydrogen-bond acceptors (Lipinski definition) is 7. The number of rotatable bonds is 10. The summed E-state index contributed by atoms with van der Waals surface area (Å²) in [5.41, 5.74) is 4.69. The molecule has 0 bridgehead atoms. The maximum atomic E-state index is 13.0. The molecule has 0 saturated heterocycles. The van der Waals surface area contributed by atoms with Gasteiger partial charge in [0.2, 0.25) is 0 Å². The van der Waals surface area contributed by atoms with E-state index in [1.54, 1.807) is 18.9 Å². The third-order valence-electron chi connectivity index (χ3n) is 6.51. The summed E-state index contributed by atoms with van der Waals surface area (Å²) in [7, 11) is 3.26. The van der Waals surface area contributed by atoms with E-state index in [1.165, 1.54) is 5.56 Å². The number of hydrogen-bond donors (Lipinski definition) is 1. The molecular weight excluding hydrogens is 480 g/mol. The average Bonchev–Trinajstić information content (AvgIpc) is 3.36. The third kappa shape index (κ3) is 5.90. The van der Waals surface area contributed by atoms with Crippen molar-refractivity contribution in [3.05, 3.63) is 111 Å². The van der Waals surface area contributed by atoms with Crippen molar-refractivity contribution in [2.75, 3.05) is 14.2 Å². The summed E-state index contributed by atoms with van der Waals surface area (Å²) in [6.07, 6.45) is 0. The maximum Gasteiger partial charge on any atom is 0.252 e. The summed E-state index contributed by atoms with van der Waals surface area (Å²) >= 11 is 0. The zero-order valence-corrected chi connectivity index (χ0v) is 21.7. The molecule has 0 aliphatic carbocycles. The highest BCUT2D eigenvalue weighted by molar-refractivity contribution is 5.80. The molecule has 0 aliphatic heterocycles. The Morgan fingerprint density at radius 3 is 2.29 bits per heavy atom. The van der Waals surface area contributed by atoms with Crippen LogP contribution in [0.2, 0.25) is 0 Å². The van der Waals surface area contributed by atoms with E-state index in [4.69, 9.17) is 9.47 Å². The molecule has 2 heterocycles. The minimum atomic E-state index is -0.127. The fourth-order valence-electron chi connectivity index (χ4n) is 4.39. The molecule has 38 heavy (non-hydrogen) atoms. The molecule has 0 amide bonds. The summed E-state index contributed by atoms with van der Waals surface area (Å²) in [5, 5.41) is 13.4. The van der Waals surface area contributed by atoms with E-state index in [-0.39, 0.29) is 5.56 Å². The van der Waals surface area contributed by atoms with Crippen LogP contribution in [0.5, 0.6) is 11.5 Å². The Bertz CT molecular complexity index is 1580. The van der Waals surface area contributed by atoms with Gasteiger partial charge in [-0.05, 0) is 64.2 Å². The van der Waals surface area contributed by atoms with Gasteiger partial charge in [0.15, 0.2) is 5.82 Å². The van der Waals surface area contributed by atoms with Crippen LogP contribution in [0.4, 0.5) is 0 Å². The van der Waals surface area contributed by atoms with Crippen LogP contribution in [0.1, 0.15) is 28.1 Å². The van der Waals surface area contributed by atoms with Crippen molar-refractivity contribution in [3.63, 3.8) is 0 Å². The first-order valence-corrected chi connectivity index (χ1v) is 12.4. The molecule has 9 nitrogen and oxygen atoms in total. The molecule has 2 aromatic heterocycles. The molecule has 0 aliphatic rings. The second kappa shape index (κ2) is 11.3. The number of aromatic amines is 1. The molecule has 0 atom stereocenters. The van der Waals surface area contributed by atoms with Gasteiger partial charge in [0, 0.05) is 24.7 Å². The fourth-order valence-corrected chi connectivity index (χ4v) is 4.39. The van der Waals surface area contributed by atoms with E-state index in [1.807, 2.05) is 48.5 Å². The first-order valence-electron chi connectivity index (χ1n) is 12.4. The number of nitrogens with zero attached hydrogens (tertiary/aromatic N) is 5. The molecule has 9 heteroatoms. The van der Waals surface area contributed by atoms with E-state index in [0.717, 1.165) is 33.6 Å². The van der Waals surface area contributed by atoms with Gasteiger partial charge in [0.1, 0.15) is 11.5 Å². The van der Waals surface area contributed by atoms with Crippen LogP contribution < -0.4 is 15.0 Å². The molecular formula is C29H30N6O3. The van der Waals surface area contributed by atoms with Crippen LogP contribution in [0.25, 0.3) is 10.9 Å². The van der Waals surface area contributed by atoms with E-state index < -0.39 is 0 Å². The van der Waals surface area contributed by atoms with Crippen molar-refractivity contribution in [2.24, 2.45) is 0 Å². The standard InChI is InChI=1S/C29H30N6O3/c1-20-4-6-21(7-5-20)16-34(18-24-14-23-10-13-26(38-3)15-27(23)30-29(24)36)19-28-31-32-33-35(28)17-22-8-11-25(37-2)12-9-22/h4-15H,16-19H2,1-3H3,(H,30,36). The Kier molecular flexibility index (Phi) is 7.46. The number of fused-ring (bicyclic) bond motifs is 1. The van der Waals surface area contributed by atoms with Crippen LogP contribution in [-0.4, -0.2) is 44.3 Å². The highest BCUT2D eigenvalue weighted by Crippen LogP contribution is 2.20. The van der Waals surface area contributed by atoms with E-state index in [2.05, 4.69) is 56.6 Å². The monoisotopic (exact) mass is 510 g/mol. The van der Waals surface area contributed by atoms with Crippen LogP contribution in [0, 0.1) is 6.92 Å². The number of methoxy groups -OCH3 is 2. The molecule has 0 spiro atoms. The third-order valence-corrected chi connectivity index (χ3v) is 6.51. The predicted molar refractivity (Wildman–Crippen MR) is 145 cm³/mol. The van der Waals surface area contributed by atoms with Gasteiger partial charge in [-0.15, -0.1) is 5.10 Å². The van der Waals surface area contributed by atoms with Crippen molar-refractivity contribution in [1.29, 1.82) is 0 Å². The van der Waals surface area contributed by atoms with E-state index in [0.29, 0.717) is 37.5 Å². The first kappa shape index (κ1) is 25.2. The highest BCUT2D eigenvalue weighted by atomic mass is 16.5. The van der Waals surface area contributed by atoms with Crippen molar-refractivity contribution < 1.29 is 9.47 Å². The number of ether oxygens (including phenoxy) is 2. The molecule has 0 radical (unpaired) electrons. The van der Waals surface area contributed by atoms with E-state index >= 15 is 0 Å². The van der Waals surface area contributed by atoms with Gasteiger partial charge >= 0.3 is 0 Å². The lowest BCUT2D eigenvalue weighted by Crippen LogP contribution is -2.28. The van der Waals surface area contributed by atoms with Crippen molar-refractivity contribution in [3.8, 4) is 11.5 Å². The number of pyridine rings is 1. The van der Waals surface area contributed by atoms with E-state index in [9.17, 15) is 4.79 Å². The molecule has 194 valence electrons. The second-order valence-corrected chi connectivity index (χ2v) is 9.31. The second-order valence-electron chi connectivity index (χ2n) is 9.31. The molecule has 5 aromatic rings. The van der Waals surface area contributed by atoms with Gasteiger partial charge in [-0.2, -0.15) is 0 Å². The van der Waals surface area contributed by atoms with Crippen LogP contribution >= 0.6 is 0 Å². The van der Waals surface area contributed by atoms with Crippen LogP contribution in [-0.2, 0) is 26.2 Å². The van der Waals surface area contributed by atoms with Gasteiger partial charge < -0.3 is 14.5 Å². The summed E-state index contributed by atoms with van der Waals surface area (Å²) in [5.74, 6) is 2.22. The van der Waals surface area contributed by atoms with Crippen LogP contribution in [0.15, 0.2) is 77.6 Å². The smallest absolute Gasteiger partial charge is 0.252 e. The first-order chi connectivity index (χ1) is 18.5. The normalized spacial score (nSPS) is 11.3. The lowest BCUT2D eigenvalue weighted by molar-refractivity contribution is 0.236. The number of benzene rings is 3. The molecule has 3 aromatic carbocycles. The zero-order chi connectivity index (χ0) is 26.5. The molecule has 1 N–H and O–H groups in total. The Morgan fingerprint density at radius 1 is 0.842 bits per heavy atom. The zero-order valence-electron chi connectivity index (χ0n) is 21.7. The van der Waals surface area contributed by atoms with Crippen molar-refractivity contribution in [2.45, 2.75) is 33.1 Å². The summed E-state index contributed by atoms with van der Waals surface area (Å²) in [6, 6.07) is 23.9. The minimum Gasteiger partial charge on any atom is -0.497 e. The molecule has 0 unspecified atom stereocenters.